The zero-order chi connectivity index (χ0) is 36.6. The van der Waals surface area contributed by atoms with E-state index in [1.54, 1.807) is 20.8 Å². The molecule has 0 spiro atoms. The Bertz CT molecular complexity index is 1450. The van der Waals surface area contributed by atoms with Gasteiger partial charge in [0.1, 0.15) is 17.2 Å². The van der Waals surface area contributed by atoms with Gasteiger partial charge < -0.3 is 24.5 Å². The number of hydrogen-bond acceptors (Lipinski definition) is 6. The van der Waals surface area contributed by atoms with Crippen LogP contribution < -0.4 is 10.6 Å². The van der Waals surface area contributed by atoms with Crippen LogP contribution in [0.5, 0.6) is 0 Å². The highest BCUT2D eigenvalue weighted by molar-refractivity contribution is 6.74. The first kappa shape index (κ1) is 38.8. The molecule has 1 aliphatic rings. The molecule has 50 heavy (non-hydrogen) atoms. The molecule has 2 N–H and O–H groups in total. The van der Waals surface area contributed by atoms with Crippen LogP contribution in [-0.4, -0.2) is 50.6 Å². The Hall–Kier alpha value is -3.95. The van der Waals surface area contributed by atoms with E-state index in [1.165, 1.54) is 0 Å². The second-order valence-corrected chi connectivity index (χ2v) is 20.7. The molecule has 0 aromatic heterocycles. The second-order valence-electron chi connectivity index (χ2n) is 15.8. The lowest BCUT2D eigenvalue weighted by Gasteiger charge is -2.37. The number of ether oxygens (including phenoxy) is 2. The average molecular weight is 701 g/mol. The molecule has 3 aromatic carbocycles. The standard InChI is InChI=1S/C41H56N2O6Si/c1-39(2,3)49-38(46)42-34(35-29-30(37(45)48-35)19-18-28-47-50(7,8)40(4,5)6)26-27-36(44)43-41(31-20-12-9-13-21-31,32-22-14-10-15-23-32)33-24-16-11-17-25-33/h9-17,20-25,30,34-35H,18-19,26-29H2,1-8H3,(H,42,46)(H,43,44)/t30-,34-,35-/m0/s1. The zero-order valence-corrected chi connectivity index (χ0v) is 32.1. The quantitative estimate of drug-likeness (QED) is 0.0757. The van der Waals surface area contributed by atoms with Gasteiger partial charge in [-0.3, -0.25) is 9.59 Å². The van der Waals surface area contributed by atoms with Crippen LogP contribution in [0.3, 0.4) is 0 Å². The number of carbonyl (C=O) groups excluding carboxylic acids is 3. The Morgan fingerprint density at radius 3 is 1.80 bits per heavy atom. The first-order valence-electron chi connectivity index (χ1n) is 17.8. The van der Waals surface area contributed by atoms with Crippen LogP contribution >= 0.6 is 0 Å². The molecule has 1 aliphatic heterocycles. The molecular weight excluding hydrogens is 645 g/mol. The van der Waals surface area contributed by atoms with E-state index in [0.29, 0.717) is 19.4 Å². The second kappa shape index (κ2) is 16.4. The summed E-state index contributed by atoms with van der Waals surface area (Å²) >= 11 is 0. The Kier molecular flexibility index (Phi) is 12.7. The van der Waals surface area contributed by atoms with E-state index >= 15 is 0 Å². The number of nitrogens with one attached hydrogen (secondary N) is 2. The molecule has 1 heterocycles. The smallest absolute Gasteiger partial charge is 0.408 e. The van der Waals surface area contributed by atoms with Crippen LogP contribution in [0.25, 0.3) is 0 Å². The fourth-order valence-corrected chi connectivity index (χ4v) is 7.26. The highest BCUT2D eigenvalue weighted by Crippen LogP contribution is 2.38. The monoisotopic (exact) mass is 700 g/mol. The highest BCUT2D eigenvalue weighted by atomic mass is 28.4. The lowest BCUT2D eigenvalue weighted by molar-refractivity contribution is -0.145. The van der Waals surface area contributed by atoms with E-state index in [2.05, 4.69) is 44.5 Å². The van der Waals surface area contributed by atoms with Gasteiger partial charge >= 0.3 is 12.1 Å². The van der Waals surface area contributed by atoms with Crippen LogP contribution in [0.2, 0.25) is 18.1 Å². The van der Waals surface area contributed by atoms with Crippen molar-refractivity contribution in [3.05, 3.63) is 108 Å². The van der Waals surface area contributed by atoms with Gasteiger partial charge in [0.25, 0.3) is 0 Å². The van der Waals surface area contributed by atoms with Gasteiger partial charge in [0.2, 0.25) is 5.91 Å². The summed E-state index contributed by atoms with van der Waals surface area (Å²) in [5.41, 5.74) is 1.07. The van der Waals surface area contributed by atoms with Gasteiger partial charge in [0.05, 0.1) is 12.0 Å². The van der Waals surface area contributed by atoms with E-state index in [0.717, 1.165) is 23.1 Å². The van der Waals surface area contributed by atoms with Gasteiger partial charge in [-0.15, -0.1) is 0 Å². The van der Waals surface area contributed by atoms with Gasteiger partial charge in [0.15, 0.2) is 8.32 Å². The molecular formula is C41H56N2O6Si. The summed E-state index contributed by atoms with van der Waals surface area (Å²) < 4.78 is 17.8. The van der Waals surface area contributed by atoms with Crippen molar-refractivity contribution in [2.45, 2.75) is 115 Å². The van der Waals surface area contributed by atoms with Crippen molar-refractivity contribution in [3.63, 3.8) is 0 Å². The third kappa shape index (κ3) is 10.1. The van der Waals surface area contributed by atoms with E-state index in [4.69, 9.17) is 13.9 Å². The van der Waals surface area contributed by atoms with Crippen molar-refractivity contribution in [1.29, 1.82) is 0 Å². The minimum atomic E-state index is -1.89. The zero-order valence-electron chi connectivity index (χ0n) is 31.1. The summed E-state index contributed by atoms with van der Waals surface area (Å²) in [7, 11) is -1.89. The molecule has 9 heteroatoms. The largest absolute Gasteiger partial charge is 0.460 e. The number of amides is 2. The molecule has 270 valence electrons. The SMILES string of the molecule is CC(C)(C)OC(=O)N[C@@H](CCC(=O)NC(c1ccccc1)(c1ccccc1)c1ccccc1)[C@@H]1C[C@H](CCCO[Si](C)(C)C(C)(C)C)C(=O)O1. The molecule has 3 aromatic rings. The van der Waals surface area contributed by atoms with Crippen molar-refractivity contribution in [2.75, 3.05) is 6.61 Å². The number of hydrogen-bond donors (Lipinski definition) is 2. The Labute approximate surface area is 299 Å². The molecule has 0 saturated carbocycles. The first-order chi connectivity index (χ1) is 23.5. The van der Waals surface area contributed by atoms with Crippen molar-refractivity contribution in [3.8, 4) is 0 Å². The molecule has 1 fully saturated rings. The maximum atomic E-state index is 14.1. The maximum absolute atomic E-state index is 14.1. The van der Waals surface area contributed by atoms with Crippen LogP contribution in [0.15, 0.2) is 91.0 Å². The molecule has 0 radical (unpaired) electrons. The lowest BCUT2D eigenvalue weighted by atomic mass is 9.77. The average Bonchev–Trinajstić information content (AvgIpc) is 3.43. The van der Waals surface area contributed by atoms with Gasteiger partial charge in [-0.05, 0) is 81.3 Å². The van der Waals surface area contributed by atoms with E-state index < -0.39 is 37.7 Å². The van der Waals surface area contributed by atoms with E-state index in [9.17, 15) is 14.4 Å². The number of carbonyl (C=O) groups is 3. The summed E-state index contributed by atoms with van der Waals surface area (Å²) in [4.78, 5) is 40.2. The molecule has 8 nitrogen and oxygen atoms in total. The van der Waals surface area contributed by atoms with E-state index in [-0.39, 0.29) is 35.7 Å². The summed E-state index contributed by atoms with van der Waals surface area (Å²) in [5, 5.41) is 6.44. The summed E-state index contributed by atoms with van der Waals surface area (Å²) in [6, 6.07) is 29.1. The van der Waals surface area contributed by atoms with Crippen molar-refractivity contribution >= 4 is 26.3 Å². The molecule has 3 atom stereocenters. The summed E-state index contributed by atoms with van der Waals surface area (Å²) in [6.07, 6.45) is 0.951. The number of rotatable bonds is 14. The molecule has 2 amide bonds. The van der Waals surface area contributed by atoms with Crippen molar-refractivity contribution in [1.82, 2.24) is 10.6 Å². The normalized spacial score (nSPS) is 17.5. The Morgan fingerprint density at radius 1 is 0.840 bits per heavy atom. The molecule has 4 rings (SSSR count). The third-order valence-corrected chi connectivity index (χ3v) is 14.4. The van der Waals surface area contributed by atoms with Crippen molar-refractivity contribution in [2.24, 2.45) is 5.92 Å². The number of alkyl carbamates (subject to hydrolysis) is 1. The minimum Gasteiger partial charge on any atom is -0.460 e. The first-order valence-corrected chi connectivity index (χ1v) is 20.7. The van der Waals surface area contributed by atoms with Gasteiger partial charge in [-0.2, -0.15) is 0 Å². The minimum absolute atomic E-state index is 0.0772. The fourth-order valence-electron chi connectivity index (χ4n) is 6.17. The van der Waals surface area contributed by atoms with Crippen LogP contribution in [0.4, 0.5) is 4.79 Å². The molecule has 0 unspecified atom stereocenters. The van der Waals surface area contributed by atoms with Crippen LogP contribution in [-0.2, 0) is 29.0 Å². The Balaban J connectivity index is 1.52. The number of benzene rings is 3. The molecule has 0 aliphatic carbocycles. The predicted molar refractivity (Wildman–Crippen MR) is 200 cm³/mol. The highest BCUT2D eigenvalue weighted by Gasteiger charge is 2.42. The maximum Gasteiger partial charge on any atom is 0.408 e. The molecule has 0 bridgehead atoms. The van der Waals surface area contributed by atoms with E-state index in [1.807, 2.05) is 91.0 Å². The predicted octanol–water partition coefficient (Wildman–Crippen LogP) is 8.50. The van der Waals surface area contributed by atoms with Gasteiger partial charge in [-0.1, -0.05) is 112 Å². The summed E-state index contributed by atoms with van der Waals surface area (Å²) in [6.45, 7) is 17.0. The molecule has 1 saturated heterocycles. The lowest BCUT2D eigenvalue weighted by Crippen LogP contribution is -2.49. The van der Waals surface area contributed by atoms with Crippen molar-refractivity contribution < 1.29 is 28.3 Å². The topological polar surface area (TPSA) is 103 Å². The van der Waals surface area contributed by atoms with Gasteiger partial charge in [0, 0.05) is 13.0 Å². The van der Waals surface area contributed by atoms with Crippen LogP contribution in [0, 0.1) is 5.92 Å². The number of cyclic esters (lactones) is 1. The Morgan fingerprint density at radius 2 is 1.34 bits per heavy atom. The fraction of sp³-hybridized carbons (Fsp3) is 0.488. The van der Waals surface area contributed by atoms with Crippen LogP contribution in [0.1, 0.15) is 90.3 Å². The number of esters is 1. The summed E-state index contributed by atoms with van der Waals surface area (Å²) in [5.74, 6) is -0.790. The van der Waals surface area contributed by atoms with Gasteiger partial charge in [-0.25, -0.2) is 4.79 Å². The third-order valence-electron chi connectivity index (χ3n) is 9.86.